The number of carbonyl (C=O) groups excluding carboxylic acids is 4. The van der Waals surface area contributed by atoms with Gasteiger partial charge in [-0.1, -0.05) is 58.4 Å². The lowest BCUT2D eigenvalue weighted by Crippen LogP contribution is -2.48. The third kappa shape index (κ3) is 5.37. The molecule has 2 aromatic rings. The second-order valence-electron chi connectivity index (χ2n) is 8.98. The molecule has 182 valence electrons. The van der Waals surface area contributed by atoms with Crippen LogP contribution in [0.5, 0.6) is 0 Å². The predicted octanol–water partition coefficient (Wildman–Crippen LogP) is 4.11. The Bertz CT molecular complexity index is 1170. The van der Waals surface area contributed by atoms with Crippen molar-refractivity contribution in [2.45, 2.75) is 39.2 Å². The van der Waals surface area contributed by atoms with Gasteiger partial charge in [0.15, 0.2) is 6.61 Å². The molecule has 8 heteroatoms. The summed E-state index contributed by atoms with van der Waals surface area (Å²) in [5, 5.41) is 2.76. The number of carbonyl (C=O) groups is 4. The molecule has 3 amide bonds. The van der Waals surface area contributed by atoms with E-state index in [1.165, 1.54) is 0 Å². The maximum Gasteiger partial charge on any atom is 0.330 e. The summed E-state index contributed by atoms with van der Waals surface area (Å²) in [7, 11) is 0. The topological polar surface area (TPSA) is 92.8 Å². The van der Waals surface area contributed by atoms with E-state index in [-0.39, 0.29) is 18.2 Å². The zero-order valence-electron chi connectivity index (χ0n) is 19.6. The van der Waals surface area contributed by atoms with Crippen LogP contribution in [0.4, 0.5) is 5.69 Å². The van der Waals surface area contributed by atoms with Gasteiger partial charge >= 0.3 is 5.97 Å². The Morgan fingerprint density at radius 3 is 2.29 bits per heavy atom. The van der Waals surface area contributed by atoms with E-state index in [2.05, 4.69) is 21.2 Å². The van der Waals surface area contributed by atoms with Gasteiger partial charge in [-0.25, -0.2) is 4.79 Å². The Morgan fingerprint density at radius 2 is 1.66 bits per heavy atom. The number of likely N-dealkylation sites (tertiary alicyclic amines) is 1. The third-order valence-corrected chi connectivity index (χ3v) is 7.38. The molecule has 7 nitrogen and oxygen atoms in total. The maximum absolute atomic E-state index is 13.2. The van der Waals surface area contributed by atoms with Crippen molar-refractivity contribution in [3.8, 4) is 0 Å². The summed E-state index contributed by atoms with van der Waals surface area (Å²) in [5.74, 6) is -2.89. The van der Waals surface area contributed by atoms with Crippen LogP contribution in [0.1, 0.15) is 29.5 Å². The van der Waals surface area contributed by atoms with E-state index in [0.29, 0.717) is 18.5 Å². The van der Waals surface area contributed by atoms with Crippen molar-refractivity contribution < 1.29 is 23.9 Å². The summed E-state index contributed by atoms with van der Waals surface area (Å²) in [6.45, 7) is 3.24. The molecule has 1 fully saturated rings. The number of fused-ring (bicyclic) bond motifs is 1. The Kier molecular flexibility index (Phi) is 7.50. The van der Waals surface area contributed by atoms with Gasteiger partial charge in [0, 0.05) is 16.6 Å². The van der Waals surface area contributed by atoms with Crippen LogP contribution in [0.2, 0.25) is 0 Å². The average molecular weight is 539 g/mol. The number of benzene rings is 2. The summed E-state index contributed by atoms with van der Waals surface area (Å²) in [6, 6.07) is 11.7. The molecule has 1 aliphatic heterocycles. The number of rotatable bonds is 7. The molecule has 2 aliphatic rings. The number of allylic oxidation sites excluding steroid dienone is 2. The fourth-order valence-corrected chi connectivity index (χ4v) is 5.04. The van der Waals surface area contributed by atoms with Crippen LogP contribution in [-0.4, -0.2) is 41.2 Å². The van der Waals surface area contributed by atoms with Crippen LogP contribution in [-0.2, 0) is 30.3 Å². The van der Waals surface area contributed by atoms with Gasteiger partial charge in [0.05, 0.1) is 11.8 Å². The van der Waals surface area contributed by atoms with E-state index in [1.807, 2.05) is 68.5 Å². The molecule has 0 aromatic heterocycles. The Hall–Kier alpha value is -3.26. The van der Waals surface area contributed by atoms with E-state index in [0.717, 1.165) is 26.1 Å². The van der Waals surface area contributed by atoms with E-state index in [1.54, 1.807) is 0 Å². The minimum atomic E-state index is -1.13. The fraction of sp³-hybridized carbons (Fsp3) is 0.333. The van der Waals surface area contributed by atoms with E-state index in [9.17, 15) is 19.2 Å². The molecule has 3 atom stereocenters. The van der Waals surface area contributed by atoms with Crippen molar-refractivity contribution in [1.29, 1.82) is 0 Å². The first-order chi connectivity index (χ1) is 16.8. The smallest absolute Gasteiger partial charge is 0.330 e. The lowest BCUT2D eigenvalue weighted by atomic mass is 9.85. The van der Waals surface area contributed by atoms with Crippen molar-refractivity contribution in [3.05, 3.63) is 75.8 Å². The van der Waals surface area contributed by atoms with Gasteiger partial charge in [0.2, 0.25) is 11.8 Å². The van der Waals surface area contributed by atoms with Gasteiger partial charge in [-0.15, -0.1) is 0 Å². The highest BCUT2D eigenvalue weighted by molar-refractivity contribution is 9.10. The third-order valence-electron chi connectivity index (χ3n) is 6.52. The van der Waals surface area contributed by atoms with Crippen molar-refractivity contribution in [1.82, 2.24) is 4.90 Å². The number of nitrogens with zero attached hydrogens (tertiary/aromatic N) is 1. The minimum Gasteiger partial charge on any atom is -0.454 e. The quantitative estimate of drug-likeness (QED) is 0.325. The van der Waals surface area contributed by atoms with Crippen molar-refractivity contribution >= 4 is 45.3 Å². The highest BCUT2D eigenvalue weighted by Gasteiger charge is 2.51. The molecule has 0 spiro atoms. The van der Waals surface area contributed by atoms with Crippen molar-refractivity contribution in [3.63, 3.8) is 0 Å². The summed E-state index contributed by atoms with van der Waals surface area (Å²) in [5.41, 5.74) is 3.21. The molecule has 0 saturated carbocycles. The first-order valence-corrected chi connectivity index (χ1v) is 12.3. The van der Waals surface area contributed by atoms with Gasteiger partial charge in [-0.05, 0) is 55.5 Å². The van der Waals surface area contributed by atoms with E-state index < -0.39 is 36.4 Å². The SMILES string of the molecule is Cc1cc(NC(=O)COC(=O)[C@@H](Cc2ccccc2)N2C(=O)[C@H]3CC=CC[C@H]3C2=O)c(C)cc1Br. The molecule has 1 N–H and O–H groups in total. The summed E-state index contributed by atoms with van der Waals surface area (Å²) in [4.78, 5) is 53.1. The lowest BCUT2D eigenvalue weighted by Gasteiger charge is -2.25. The number of nitrogens with one attached hydrogen (secondary N) is 1. The van der Waals surface area contributed by atoms with Gasteiger partial charge in [-0.3, -0.25) is 19.3 Å². The Morgan fingerprint density at radius 1 is 1.03 bits per heavy atom. The largest absolute Gasteiger partial charge is 0.454 e. The molecular formula is C27H27BrN2O5. The van der Waals surface area contributed by atoms with E-state index in [4.69, 9.17) is 4.74 Å². The molecule has 2 aromatic carbocycles. The number of imide groups is 1. The fourth-order valence-electron chi connectivity index (χ4n) is 4.59. The lowest BCUT2D eigenvalue weighted by molar-refractivity contribution is -0.159. The number of hydrogen-bond acceptors (Lipinski definition) is 5. The standard InChI is InChI=1S/C27H27BrN2O5/c1-16-13-22(17(2)12-21(16)28)29-24(31)15-35-27(34)23(14-18-8-4-3-5-9-18)30-25(32)19-10-6-7-11-20(19)26(30)33/h3-9,12-13,19-20,23H,10-11,14-15H2,1-2H3,(H,29,31)/t19-,20+,23-/m1/s1. The van der Waals surface area contributed by atoms with Crippen molar-refractivity contribution in [2.24, 2.45) is 11.8 Å². The molecule has 1 heterocycles. The van der Waals surface area contributed by atoms with Crippen molar-refractivity contribution in [2.75, 3.05) is 11.9 Å². The molecule has 1 saturated heterocycles. The zero-order valence-corrected chi connectivity index (χ0v) is 21.2. The number of hydrogen-bond donors (Lipinski definition) is 1. The van der Waals surface area contributed by atoms with Crippen LogP contribution in [0.3, 0.4) is 0 Å². The van der Waals surface area contributed by atoms with Gasteiger partial charge in [0.25, 0.3) is 5.91 Å². The first kappa shape index (κ1) is 24.9. The number of anilines is 1. The summed E-state index contributed by atoms with van der Waals surface area (Å²) < 4.78 is 6.27. The van der Waals surface area contributed by atoms with E-state index >= 15 is 0 Å². The molecular weight excluding hydrogens is 512 g/mol. The van der Waals surface area contributed by atoms with Crippen LogP contribution >= 0.6 is 15.9 Å². The summed E-state index contributed by atoms with van der Waals surface area (Å²) in [6.07, 6.45) is 4.88. The average Bonchev–Trinajstić information content (AvgIpc) is 3.10. The Balaban J connectivity index is 1.49. The van der Waals surface area contributed by atoms with Crippen LogP contribution in [0.15, 0.2) is 59.1 Å². The molecule has 4 rings (SSSR count). The number of halogens is 1. The normalized spacial score (nSPS) is 19.9. The number of ether oxygens (including phenoxy) is 1. The molecule has 1 aliphatic carbocycles. The van der Waals surface area contributed by atoms with Crippen LogP contribution in [0.25, 0.3) is 0 Å². The number of amides is 3. The monoisotopic (exact) mass is 538 g/mol. The number of esters is 1. The predicted molar refractivity (Wildman–Crippen MR) is 134 cm³/mol. The zero-order chi connectivity index (χ0) is 25.1. The molecule has 35 heavy (non-hydrogen) atoms. The molecule has 0 bridgehead atoms. The first-order valence-electron chi connectivity index (χ1n) is 11.6. The second kappa shape index (κ2) is 10.6. The molecule has 0 radical (unpaired) electrons. The van der Waals surface area contributed by atoms with Crippen LogP contribution in [0, 0.1) is 25.7 Å². The minimum absolute atomic E-state index is 0.122. The Labute approximate surface area is 212 Å². The maximum atomic E-state index is 13.2. The highest BCUT2D eigenvalue weighted by Crippen LogP contribution is 2.36. The van der Waals surface area contributed by atoms with Crippen LogP contribution < -0.4 is 5.32 Å². The molecule has 0 unspecified atom stereocenters. The highest BCUT2D eigenvalue weighted by atomic mass is 79.9. The van der Waals surface area contributed by atoms with Gasteiger partial charge in [-0.2, -0.15) is 0 Å². The number of aryl methyl sites for hydroxylation is 2. The second-order valence-corrected chi connectivity index (χ2v) is 9.83. The van der Waals surface area contributed by atoms with Gasteiger partial charge < -0.3 is 10.1 Å². The van der Waals surface area contributed by atoms with Gasteiger partial charge in [0.1, 0.15) is 6.04 Å². The summed E-state index contributed by atoms with van der Waals surface area (Å²) >= 11 is 3.46.